The van der Waals surface area contributed by atoms with Gasteiger partial charge in [-0.25, -0.2) is 4.79 Å². The molecule has 4 rings (SSSR count). The molecule has 0 spiro atoms. The number of hydrogen-bond donors (Lipinski definition) is 1. The zero-order valence-corrected chi connectivity index (χ0v) is 14.4. The fourth-order valence-corrected chi connectivity index (χ4v) is 3.10. The van der Waals surface area contributed by atoms with Crippen LogP contribution in [0, 0.1) is 0 Å². The Kier molecular flexibility index (Phi) is 4.12. The van der Waals surface area contributed by atoms with Gasteiger partial charge in [0, 0.05) is 25.2 Å². The van der Waals surface area contributed by atoms with Crippen molar-refractivity contribution in [3.05, 3.63) is 52.9 Å². The minimum Gasteiger partial charge on any atom is -0.490 e. The van der Waals surface area contributed by atoms with Crippen molar-refractivity contribution in [2.24, 2.45) is 7.05 Å². The first-order chi connectivity index (χ1) is 12.6. The number of nitrogens with zero attached hydrogens (tertiary/aromatic N) is 2. The van der Waals surface area contributed by atoms with Gasteiger partial charge in [0.05, 0.1) is 24.2 Å². The normalized spacial score (nSPS) is 13.4. The van der Waals surface area contributed by atoms with Crippen LogP contribution in [0.3, 0.4) is 0 Å². The molecule has 0 aliphatic carbocycles. The summed E-state index contributed by atoms with van der Waals surface area (Å²) < 4.78 is 14.2. The van der Waals surface area contributed by atoms with Crippen LogP contribution in [-0.4, -0.2) is 28.3 Å². The van der Waals surface area contributed by atoms with E-state index in [-0.39, 0.29) is 18.1 Å². The molecule has 0 saturated heterocycles. The van der Waals surface area contributed by atoms with Crippen LogP contribution in [0.25, 0.3) is 11.0 Å². The highest BCUT2D eigenvalue weighted by Gasteiger charge is 2.15. The molecule has 1 N–H and O–H groups in total. The lowest BCUT2D eigenvalue weighted by molar-refractivity contribution is -0.116. The van der Waals surface area contributed by atoms with Crippen LogP contribution in [0.1, 0.15) is 6.42 Å². The van der Waals surface area contributed by atoms with Crippen molar-refractivity contribution in [1.82, 2.24) is 9.13 Å². The molecule has 0 fully saturated rings. The topological polar surface area (TPSA) is 74.5 Å². The van der Waals surface area contributed by atoms with Gasteiger partial charge in [-0.3, -0.25) is 13.9 Å². The molecule has 134 valence electrons. The fraction of sp³-hybridized carbons (Fsp3) is 0.263. The second-order valence-corrected chi connectivity index (χ2v) is 6.18. The molecule has 3 aromatic rings. The molecule has 1 aliphatic heterocycles. The van der Waals surface area contributed by atoms with Gasteiger partial charge in [0.15, 0.2) is 11.5 Å². The third-order valence-electron chi connectivity index (χ3n) is 4.38. The number of aromatic nitrogens is 2. The van der Waals surface area contributed by atoms with E-state index in [4.69, 9.17) is 9.47 Å². The maximum Gasteiger partial charge on any atom is 0.329 e. The summed E-state index contributed by atoms with van der Waals surface area (Å²) in [6.07, 6.45) is 0.820. The summed E-state index contributed by atoms with van der Waals surface area (Å²) in [7, 11) is 1.70. The number of para-hydroxylation sites is 2. The van der Waals surface area contributed by atoms with Crippen LogP contribution in [-0.2, 0) is 18.4 Å². The first kappa shape index (κ1) is 16.3. The summed E-state index contributed by atoms with van der Waals surface area (Å²) in [6, 6.07) is 12.7. The van der Waals surface area contributed by atoms with Crippen molar-refractivity contribution in [2.45, 2.75) is 13.0 Å². The quantitative estimate of drug-likeness (QED) is 0.783. The molecular formula is C19H19N3O4. The van der Waals surface area contributed by atoms with E-state index in [9.17, 15) is 9.59 Å². The molecule has 0 bridgehead atoms. The molecule has 2 aromatic carbocycles. The number of fused-ring (bicyclic) bond motifs is 2. The number of benzene rings is 2. The summed E-state index contributed by atoms with van der Waals surface area (Å²) in [6.45, 7) is 1.13. The van der Waals surface area contributed by atoms with Crippen molar-refractivity contribution in [1.29, 1.82) is 0 Å². The molecular weight excluding hydrogens is 334 g/mol. The molecule has 0 radical (unpaired) electrons. The number of nitrogens with one attached hydrogen (secondary N) is 1. The first-order valence-electron chi connectivity index (χ1n) is 8.47. The Morgan fingerprint density at radius 1 is 1.08 bits per heavy atom. The van der Waals surface area contributed by atoms with E-state index >= 15 is 0 Å². The molecule has 0 saturated carbocycles. The van der Waals surface area contributed by atoms with Gasteiger partial charge in [0.1, 0.15) is 6.54 Å². The number of carbonyl (C=O) groups is 1. The molecule has 2 heterocycles. The van der Waals surface area contributed by atoms with Gasteiger partial charge in [0.25, 0.3) is 0 Å². The van der Waals surface area contributed by atoms with Gasteiger partial charge in [-0.1, -0.05) is 12.1 Å². The first-order valence-corrected chi connectivity index (χ1v) is 8.47. The van der Waals surface area contributed by atoms with E-state index in [1.165, 1.54) is 9.13 Å². The van der Waals surface area contributed by atoms with Crippen LogP contribution >= 0.6 is 0 Å². The second-order valence-electron chi connectivity index (χ2n) is 6.18. The molecule has 7 heteroatoms. The second kappa shape index (κ2) is 6.59. The summed E-state index contributed by atoms with van der Waals surface area (Å²) in [5, 5.41) is 2.82. The Labute approximate surface area is 149 Å². The van der Waals surface area contributed by atoms with E-state index in [1.807, 2.05) is 24.3 Å². The Balaban J connectivity index is 1.56. The third kappa shape index (κ3) is 2.92. The van der Waals surface area contributed by atoms with Crippen LogP contribution in [0.5, 0.6) is 11.5 Å². The minimum absolute atomic E-state index is 0.0609. The maximum absolute atomic E-state index is 12.5. The van der Waals surface area contributed by atoms with Crippen molar-refractivity contribution in [3.8, 4) is 11.5 Å². The lowest BCUT2D eigenvalue weighted by atomic mass is 10.2. The number of anilines is 1. The number of aryl methyl sites for hydroxylation is 1. The molecule has 26 heavy (non-hydrogen) atoms. The summed E-state index contributed by atoms with van der Waals surface area (Å²) in [5.41, 5.74) is 1.90. The number of carbonyl (C=O) groups excluding carboxylic acids is 1. The number of rotatable bonds is 3. The molecule has 0 unspecified atom stereocenters. The van der Waals surface area contributed by atoms with Crippen LogP contribution in [0.15, 0.2) is 47.3 Å². The van der Waals surface area contributed by atoms with Crippen LogP contribution < -0.4 is 20.5 Å². The van der Waals surface area contributed by atoms with E-state index in [1.54, 1.807) is 25.2 Å². The summed E-state index contributed by atoms with van der Waals surface area (Å²) in [4.78, 5) is 24.9. The van der Waals surface area contributed by atoms with Gasteiger partial charge in [-0.2, -0.15) is 0 Å². The molecule has 1 aromatic heterocycles. The monoisotopic (exact) mass is 353 g/mol. The number of ether oxygens (including phenoxy) is 2. The smallest absolute Gasteiger partial charge is 0.329 e. The zero-order valence-electron chi connectivity index (χ0n) is 14.4. The highest BCUT2D eigenvalue weighted by atomic mass is 16.5. The lowest BCUT2D eigenvalue weighted by Gasteiger charge is -2.10. The van der Waals surface area contributed by atoms with Gasteiger partial charge < -0.3 is 14.8 Å². The largest absolute Gasteiger partial charge is 0.490 e. The lowest BCUT2D eigenvalue weighted by Crippen LogP contribution is -2.28. The van der Waals surface area contributed by atoms with Crippen molar-refractivity contribution >= 4 is 22.6 Å². The van der Waals surface area contributed by atoms with Gasteiger partial charge in [-0.15, -0.1) is 0 Å². The minimum atomic E-state index is -0.280. The fourth-order valence-electron chi connectivity index (χ4n) is 3.10. The Morgan fingerprint density at radius 2 is 1.81 bits per heavy atom. The van der Waals surface area contributed by atoms with E-state index in [0.717, 1.165) is 17.5 Å². The van der Waals surface area contributed by atoms with Crippen molar-refractivity contribution in [3.63, 3.8) is 0 Å². The van der Waals surface area contributed by atoms with Gasteiger partial charge >= 0.3 is 5.69 Å². The SMILES string of the molecule is Cn1c(=O)n(CC(=O)Nc2ccc3c(c2)OCCCO3)c2ccccc21. The Morgan fingerprint density at radius 3 is 2.62 bits per heavy atom. The number of imidazole rings is 1. The van der Waals surface area contributed by atoms with Gasteiger partial charge in [-0.05, 0) is 24.3 Å². The highest BCUT2D eigenvalue weighted by Crippen LogP contribution is 2.32. The number of hydrogen-bond acceptors (Lipinski definition) is 4. The Bertz CT molecular complexity index is 1030. The predicted octanol–water partition coefficient (Wildman–Crippen LogP) is 2.14. The van der Waals surface area contributed by atoms with E-state index < -0.39 is 0 Å². The molecule has 1 aliphatic rings. The zero-order chi connectivity index (χ0) is 18.1. The summed E-state index contributed by atoms with van der Waals surface area (Å²) in [5.74, 6) is 1.01. The average Bonchev–Trinajstić information content (AvgIpc) is 2.82. The van der Waals surface area contributed by atoms with Crippen molar-refractivity contribution in [2.75, 3.05) is 18.5 Å². The Hall–Kier alpha value is -3.22. The average molecular weight is 353 g/mol. The molecule has 1 amide bonds. The van der Waals surface area contributed by atoms with Gasteiger partial charge in [0.2, 0.25) is 5.91 Å². The highest BCUT2D eigenvalue weighted by molar-refractivity contribution is 5.92. The standard InChI is InChI=1S/C19H19N3O4/c1-21-14-5-2-3-6-15(14)22(19(21)24)12-18(23)20-13-7-8-16-17(11-13)26-10-4-9-25-16/h2-3,5-8,11H,4,9-10,12H2,1H3,(H,20,23). The predicted molar refractivity (Wildman–Crippen MR) is 97.9 cm³/mol. The number of amides is 1. The molecule has 7 nitrogen and oxygen atoms in total. The van der Waals surface area contributed by atoms with E-state index in [0.29, 0.717) is 30.4 Å². The third-order valence-corrected chi connectivity index (χ3v) is 4.38. The van der Waals surface area contributed by atoms with Crippen molar-refractivity contribution < 1.29 is 14.3 Å². The van der Waals surface area contributed by atoms with Crippen LogP contribution in [0.4, 0.5) is 5.69 Å². The molecule has 0 atom stereocenters. The summed E-state index contributed by atoms with van der Waals surface area (Å²) >= 11 is 0. The maximum atomic E-state index is 12.5. The van der Waals surface area contributed by atoms with E-state index in [2.05, 4.69) is 5.32 Å². The van der Waals surface area contributed by atoms with Crippen LogP contribution in [0.2, 0.25) is 0 Å².